The Balaban J connectivity index is 1.43. The highest BCUT2D eigenvalue weighted by molar-refractivity contribution is 5.15. The van der Waals surface area contributed by atoms with Crippen molar-refractivity contribution in [2.45, 2.75) is 46.2 Å². The Hall–Kier alpha value is -1.65. The topological polar surface area (TPSA) is 24.3 Å². The third kappa shape index (κ3) is 5.41. The molecule has 4 heteroatoms. The first-order valence-corrected chi connectivity index (χ1v) is 9.76. The van der Waals surface area contributed by atoms with Crippen molar-refractivity contribution in [2.75, 3.05) is 32.7 Å². The van der Waals surface area contributed by atoms with E-state index in [2.05, 4.69) is 70.0 Å². The molecule has 0 saturated carbocycles. The van der Waals surface area contributed by atoms with E-state index in [0.717, 1.165) is 13.1 Å². The van der Waals surface area contributed by atoms with E-state index in [0.29, 0.717) is 0 Å². The van der Waals surface area contributed by atoms with E-state index < -0.39 is 0 Å². The molecule has 25 heavy (non-hydrogen) atoms. The fourth-order valence-electron chi connectivity index (χ4n) is 3.67. The third-order valence-electron chi connectivity index (χ3n) is 5.23. The van der Waals surface area contributed by atoms with Gasteiger partial charge in [0.1, 0.15) is 0 Å². The van der Waals surface area contributed by atoms with Crippen LogP contribution in [0, 0.1) is 6.92 Å². The predicted octanol–water partition coefficient (Wildman–Crippen LogP) is 3.35. The van der Waals surface area contributed by atoms with Crippen molar-refractivity contribution in [1.29, 1.82) is 0 Å². The Morgan fingerprint density at radius 3 is 2.52 bits per heavy atom. The number of benzene rings is 1. The van der Waals surface area contributed by atoms with Crippen LogP contribution in [-0.4, -0.2) is 52.3 Å². The molecule has 0 amide bonds. The molecule has 136 valence electrons. The largest absolute Gasteiger partial charge is 0.302 e. The van der Waals surface area contributed by atoms with Crippen LogP contribution in [0.5, 0.6) is 0 Å². The Kier molecular flexibility index (Phi) is 6.65. The second-order valence-corrected chi connectivity index (χ2v) is 7.16. The molecule has 2 heterocycles. The number of hydrogen-bond donors (Lipinski definition) is 0. The maximum Gasteiger partial charge on any atom is 0.0638 e. The molecule has 0 bridgehead atoms. The smallest absolute Gasteiger partial charge is 0.0638 e. The van der Waals surface area contributed by atoms with Gasteiger partial charge in [0.2, 0.25) is 0 Å². The maximum absolute atomic E-state index is 4.58. The lowest BCUT2D eigenvalue weighted by Crippen LogP contribution is -2.31. The van der Waals surface area contributed by atoms with Gasteiger partial charge < -0.3 is 4.90 Å². The molecule has 1 aliphatic heterocycles. The first kappa shape index (κ1) is 18.2. The number of nitrogens with zero attached hydrogens (tertiary/aromatic N) is 4. The van der Waals surface area contributed by atoms with E-state index in [-0.39, 0.29) is 0 Å². The van der Waals surface area contributed by atoms with Gasteiger partial charge in [-0.3, -0.25) is 9.58 Å². The first-order chi connectivity index (χ1) is 12.2. The van der Waals surface area contributed by atoms with Crippen molar-refractivity contribution >= 4 is 0 Å². The standard InChI is InChI=1S/C21H32N4/c1-3-25-18-21(19(2)22-25)17-24-14-8-13-23(15-16-24)12-7-11-20-9-5-4-6-10-20/h4-6,9-10,18H,3,7-8,11-17H2,1-2H3. The Bertz CT molecular complexity index is 635. The molecule has 0 aliphatic carbocycles. The van der Waals surface area contributed by atoms with E-state index in [9.17, 15) is 0 Å². The van der Waals surface area contributed by atoms with Crippen LogP contribution in [0.3, 0.4) is 0 Å². The molecule has 0 radical (unpaired) electrons. The van der Waals surface area contributed by atoms with E-state index in [1.807, 2.05) is 0 Å². The minimum atomic E-state index is 0.954. The molecule has 3 rings (SSSR count). The number of aromatic nitrogens is 2. The normalized spacial score (nSPS) is 16.9. The summed E-state index contributed by atoms with van der Waals surface area (Å²) in [6.07, 6.45) is 5.94. The van der Waals surface area contributed by atoms with Crippen molar-refractivity contribution in [3.8, 4) is 0 Å². The van der Waals surface area contributed by atoms with Crippen LogP contribution in [0.1, 0.15) is 36.6 Å². The molecule has 4 nitrogen and oxygen atoms in total. The summed E-state index contributed by atoms with van der Waals surface area (Å²) in [6.45, 7) is 12.3. The molecule has 0 unspecified atom stereocenters. The van der Waals surface area contributed by atoms with Crippen molar-refractivity contribution in [2.24, 2.45) is 0 Å². The third-order valence-corrected chi connectivity index (χ3v) is 5.23. The van der Waals surface area contributed by atoms with Gasteiger partial charge >= 0.3 is 0 Å². The summed E-state index contributed by atoms with van der Waals surface area (Å²) in [7, 11) is 0. The van der Waals surface area contributed by atoms with Crippen molar-refractivity contribution < 1.29 is 0 Å². The van der Waals surface area contributed by atoms with Gasteiger partial charge in [0, 0.05) is 37.9 Å². The molecule has 1 aromatic heterocycles. The van der Waals surface area contributed by atoms with E-state index in [1.165, 1.54) is 68.8 Å². The van der Waals surface area contributed by atoms with Gasteiger partial charge in [-0.2, -0.15) is 5.10 Å². The monoisotopic (exact) mass is 340 g/mol. The molecule has 0 atom stereocenters. The van der Waals surface area contributed by atoms with Crippen molar-refractivity contribution in [3.05, 3.63) is 53.3 Å². The van der Waals surface area contributed by atoms with Gasteiger partial charge in [0.05, 0.1) is 5.69 Å². The van der Waals surface area contributed by atoms with Gasteiger partial charge in [0.25, 0.3) is 0 Å². The molecule has 1 saturated heterocycles. The highest BCUT2D eigenvalue weighted by atomic mass is 15.3. The summed E-state index contributed by atoms with van der Waals surface area (Å²) in [4.78, 5) is 5.24. The maximum atomic E-state index is 4.58. The first-order valence-electron chi connectivity index (χ1n) is 9.76. The van der Waals surface area contributed by atoms with Crippen molar-refractivity contribution in [1.82, 2.24) is 19.6 Å². The second kappa shape index (κ2) is 9.16. The second-order valence-electron chi connectivity index (χ2n) is 7.16. The molecular formula is C21H32N4. The highest BCUT2D eigenvalue weighted by Gasteiger charge is 2.16. The molecule has 2 aromatic rings. The van der Waals surface area contributed by atoms with Gasteiger partial charge in [-0.15, -0.1) is 0 Å². The van der Waals surface area contributed by atoms with Crippen LogP contribution >= 0.6 is 0 Å². The fourth-order valence-corrected chi connectivity index (χ4v) is 3.67. The summed E-state index contributed by atoms with van der Waals surface area (Å²) >= 11 is 0. The highest BCUT2D eigenvalue weighted by Crippen LogP contribution is 2.13. The quantitative estimate of drug-likeness (QED) is 0.772. The molecule has 1 aliphatic rings. The number of hydrogen-bond acceptors (Lipinski definition) is 3. The minimum absolute atomic E-state index is 0.954. The Labute approximate surface area is 152 Å². The van der Waals surface area contributed by atoms with Crippen LogP contribution in [-0.2, 0) is 19.5 Å². The Morgan fingerprint density at radius 2 is 1.76 bits per heavy atom. The van der Waals surface area contributed by atoms with Crippen LogP contribution in [0.25, 0.3) is 0 Å². The van der Waals surface area contributed by atoms with Gasteiger partial charge in [-0.05, 0) is 58.3 Å². The zero-order valence-corrected chi connectivity index (χ0v) is 15.8. The summed E-state index contributed by atoms with van der Waals surface area (Å²) in [5.41, 5.74) is 4.03. The van der Waals surface area contributed by atoms with Gasteiger partial charge in [-0.25, -0.2) is 0 Å². The Morgan fingerprint density at radius 1 is 1.00 bits per heavy atom. The predicted molar refractivity (Wildman–Crippen MR) is 104 cm³/mol. The minimum Gasteiger partial charge on any atom is -0.302 e. The fraction of sp³-hybridized carbons (Fsp3) is 0.571. The molecule has 0 spiro atoms. The van der Waals surface area contributed by atoms with Gasteiger partial charge in [0.15, 0.2) is 0 Å². The van der Waals surface area contributed by atoms with Crippen LogP contribution in [0.4, 0.5) is 0 Å². The van der Waals surface area contributed by atoms with E-state index >= 15 is 0 Å². The summed E-state index contributed by atoms with van der Waals surface area (Å²) in [5.74, 6) is 0. The zero-order chi connectivity index (χ0) is 17.5. The number of rotatable bonds is 7. The number of aryl methyl sites for hydroxylation is 3. The molecular weight excluding hydrogens is 308 g/mol. The van der Waals surface area contributed by atoms with E-state index in [1.54, 1.807) is 0 Å². The van der Waals surface area contributed by atoms with E-state index in [4.69, 9.17) is 0 Å². The van der Waals surface area contributed by atoms with Gasteiger partial charge in [-0.1, -0.05) is 30.3 Å². The van der Waals surface area contributed by atoms with Crippen molar-refractivity contribution in [3.63, 3.8) is 0 Å². The lowest BCUT2D eigenvalue weighted by atomic mass is 10.1. The lowest BCUT2D eigenvalue weighted by Gasteiger charge is -2.21. The SMILES string of the molecule is CCn1cc(CN2CCCN(CCCc3ccccc3)CC2)c(C)n1. The summed E-state index contributed by atoms with van der Waals surface area (Å²) in [5, 5.41) is 4.58. The zero-order valence-electron chi connectivity index (χ0n) is 15.8. The molecule has 1 fully saturated rings. The lowest BCUT2D eigenvalue weighted by molar-refractivity contribution is 0.250. The molecule has 0 N–H and O–H groups in total. The average Bonchev–Trinajstić information content (AvgIpc) is 2.84. The summed E-state index contributed by atoms with van der Waals surface area (Å²) in [6, 6.07) is 10.9. The average molecular weight is 341 g/mol. The summed E-state index contributed by atoms with van der Waals surface area (Å²) < 4.78 is 2.05. The molecule has 1 aromatic carbocycles. The van der Waals surface area contributed by atoms with Crippen LogP contribution < -0.4 is 0 Å². The van der Waals surface area contributed by atoms with Crippen LogP contribution in [0.2, 0.25) is 0 Å². The van der Waals surface area contributed by atoms with Crippen LogP contribution in [0.15, 0.2) is 36.5 Å².